The zero-order valence-corrected chi connectivity index (χ0v) is 16.8. The Kier molecular flexibility index (Phi) is 6.22. The SMILES string of the molecule is CCc1ccc(C(=O)C(C)OC(=O)CCn2cnc3c(C)cccc3c2=O)cc1. The molecule has 0 radical (unpaired) electrons. The summed E-state index contributed by atoms with van der Waals surface area (Å²) in [6, 6.07) is 12.7. The van der Waals surface area contributed by atoms with Gasteiger partial charge in [-0.15, -0.1) is 0 Å². The van der Waals surface area contributed by atoms with Gasteiger partial charge in [-0.2, -0.15) is 0 Å². The number of aryl methyl sites for hydroxylation is 3. The van der Waals surface area contributed by atoms with E-state index in [1.54, 1.807) is 31.2 Å². The molecule has 29 heavy (non-hydrogen) atoms. The topological polar surface area (TPSA) is 78.3 Å². The zero-order chi connectivity index (χ0) is 21.0. The number of Topliss-reactive ketones (excluding diaryl/α,β-unsaturated/α-hetero) is 1. The highest BCUT2D eigenvalue weighted by Gasteiger charge is 2.19. The minimum atomic E-state index is -0.885. The lowest BCUT2D eigenvalue weighted by molar-refractivity contribution is -0.146. The van der Waals surface area contributed by atoms with Crippen molar-refractivity contribution in [1.82, 2.24) is 9.55 Å². The fourth-order valence-electron chi connectivity index (χ4n) is 3.16. The van der Waals surface area contributed by atoms with E-state index >= 15 is 0 Å². The molecular weight excluding hydrogens is 368 g/mol. The fourth-order valence-corrected chi connectivity index (χ4v) is 3.16. The molecule has 2 aromatic carbocycles. The average Bonchev–Trinajstić information content (AvgIpc) is 2.73. The molecule has 3 aromatic rings. The summed E-state index contributed by atoms with van der Waals surface area (Å²) in [7, 11) is 0. The quantitative estimate of drug-likeness (QED) is 0.454. The van der Waals surface area contributed by atoms with E-state index < -0.39 is 12.1 Å². The molecule has 1 atom stereocenters. The maximum absolute atomic E-state index is 12.6. The summed E-state index contributed by atoms with van der Waals surface area (Å²) in [4.78, 5) is 41.5. The molecule has 1 heterocycles. The number of ketones is 1. The smallest absolute Gasteiger partial charge is 0.308 e. The molecule has 0 saturated heterocycles. The van der Waals surface area contributed by atoms with E-state index in [0.29, 0.717) is 16.5 Å². The number of ether oxygens (including phenoxy) is 1. The molecule has 0 N–H and O–H groups in total. The van der Waals surface area contributed by atoms with Crippen LogP contribution >= 0.6 is 0 Å². The monoisotopic (exact) mass is 392 g/mol. The largest absolute Gasteiger partial charge is 0.454 e. The molecule has 0 bridgehead atoms. The van der Waals surface area contributed by atoms with E-state index in [4.69, 9.17) is 4.74 Å². The molecule has 0 saturated carbocycles. The van der Waals surface area contributed by atoms with Gasteiger partial charge in [0.25, 0.3) is 5.56 Å². The number of hydrogen-bond donors (Lipinski definition) is 0. The van der Waals surface area contributed by atoms with Crippen LogP contribution in [0.4, 0.5) is 0 Å². The Labute approximate surface area is 169 Å². The second-order valence-electron chi connectivity index (χ2n) is 7.01. The predicted molar refractivity (Wildman–Crippen MR) is 111 cm³/mol. The van der Waals surface area contributed by atoms with Gasteiger partial charge in [-0.3, -0.25) is 19.0 Å². The van der Waals surface area contributed by atoms with Crippen LogP contribution < -0.4 is 5.56 Å². The van der Waals surface area contributed by atoms with Crippen molar-refractivity contribution in [1.29, 1.82) is 0 Å². The van der Waals surface area contributed by atoms with E-state index in [1.165, 1.54) is 10.9 Å². The third-order valence-electron chi connectivity index (χ3n) is 4.94. The lowest BCUT2D eigenvalue weighted by Crippen LogP contribution is -2.27. The molecule has 3 rings (SSSR count). The van der Waals surface area contributed by atoms with Gasteiger partial charge < -0.3 is 4.74 Å². The summed E-state index contributed by atoms with van der Waals surface area (Å²) in [6.07, 6.45) is 1.42. The third-order valence-corrected chi connectivity index (χ3v) is 4.94. The minimum Gasteiger partial charge on any atom is -0.454 e. The summed E-state index contributed by atoms with van der Waals surface area (Å²) < 4.78 is 6.65. The Hall–Kier alpha value is -3.28. The highest BCUT2D eigenvalue weighted by molar-refractivity contribution is 6.00. The molecule has 0 aliphatic rings. The lowest BCUT2D eigenvalue weighted by Gasteiger charge is -2.13. The van der Waals surface area contributed by atoms with Crippen LogP contribution in [0.5, 0.6) is 0 Å². The highest BCUT2D eigenvalue weighted by Crippen LogP contribution is 2.12. The van der Waals surface area contributed by atoms with Crippen molar-refractivity contribution in [3.05, 3.63) is 75.8 Å². The number of esters is 1. The maximum Gasteiger partial charge on any atom is 0.308 e. The van der Waals surface area contributed by atoms with Gasteiger partial charge in [0.05, 0.1) is 23.7 Å². The fraction of sp³-hybridized carbons (Fsp3) is 0.304. The highest BCUT2D eigenvalue weighted by atomic mass is 16.5. The number of nitrogens with zero attached hydrogens (tertiary/aromatic N) is 2. The van der Waals surface area contributed by atoms with E-state index in [2.05, 4.69) is 4.98 Å². The van der Waals surface area contributed by atoms with Gasteiger partial charge >= 0.3 is 5.97 Å². The van der Waals surface area contributed by atoms with Gasteiger partial charge in [0.2, 0.25) is 5.78 Å². The Morgan fingerprint density at radius 1 is 1.14 bits per heavy atom. The van der Waals surface area contributed by atoms with Crippen LogP contribution in [-0.4, -0.2) is 27.4 Å². The van der Waals surface area contributed by atoms with E-state index in [1.807, 2.05) is 32.0 Å². The molecule has 0 fully saturated rings. The number of carbonyl (C=O) groups excluding carboxylic acids is 2. The van der Waals surface area contributed by atoms with E-state index in [0.717, 1.165) is 17.5 Å². The predicted octanol–water partition coefficient (Wildman–Crippen LogP) is 3.47. The Morgan fingerprint density at radius 3 is 2.55 bits per heavy atom. The van der Waals surface area contributed by atoms with Crippen LogP contribution in [0, 0.1) is 6.92 Å². The van der Waals surface area contributed by atoms with Gasteiger partial charge in [0, 0.05) is 12.1 Å². The average molecular weight is 392 g/mol. The Morgan fingerprint density at radius 2 is 1.86 bits per heavy atom. The van der Waals surface area contributed by atoms with Crippen molar-refractivity contribution >= 4 is 22.7 Å². The zero-order valence-electron chi connectivity index (χ0n) is 16.8. The van der Waals surface area contributed by atoms with E-state index in [-0.39, 0.29) is 24.3 Å². The standard InChI is InChI=1S/C23H24N2O4/c1-4-17-8-10-18(11-9-17)22(27)16(3)29-20(26)12-13-25-14-24-21-15(2)6-5-7-19(21)23(25)28/h5-11,14,16H,4,12-13H2,1-3H3. The molecule has 6 nitrogen and oxygen atoms in total. The van der Waals surface area contributed by atoms with Crippen molar-refractivity contribution in [2.45, 2.75) is 46.3 Å². The van der Waals surface area contributed by atoms with Crippen molar-refractivity contribution in [2.24, 2.45) is 0 Å². The van der Waals surface area contributed by atoms with Crippen molar-refractivity contribution < 1.29 is 14.3 Å². The van der Waals surface area contributed by atoms with Crippen molar-refractivity contribution in [3.63, 3.8) is 0 Å². The van der Waals surface area contributed by atoms with Gasteiger partial charge in [0.15, 0.2) is 6.10 Å². The van der Waals surface area contributed by atoms with Gasteiger partial charge in [-0.1, -0.05) is 43.3 Å². The number of aromatic nitrogens is 2. The van der Waals surface area contributed by atoms with Gasteiger partial charge in [0.1, 0.15) is 0 Å². The van der Waals surface area contributed by atoms with Gasteiger partial charge in [-0.25, -0.2) is 4.98 Å². The molecular formula is C23H24N2O4. The number of para-hydroxylation sites is 1. The number of hydrogen-bond acceptors (Lipinski definition) is 5. The summed E-state index contributed by atoms with van der Waals surface area (Å²) in [6.45, 7) is 5.63. The molecule has 150 valence electrons. The number of carbonyl (C=O) groups is 2. The molecule has 0 spiro atoms. The first-order chi connectivity index (χ1) is 13.9. The second kappa shape index (κ2) is 8.82. The number of rotatable bonds is 7. The van der Waals surface area contributed by atoms with E-state index in [9.17, 15) is 14.4 Å². The maximum atomic E-state index is 12.6. The summed E-state index contributed by atoms with van der Waals surface area (Å²) in [5.41, 5.74) is 3.02. The summed E-state index contributed by atoms with van der Waals surface area (Å²) >= 11 is 0. The molecule has 0 aliphatic heterocycles. The summed E-state index contributed by atoms with van der Waals surface area (Å²) in [5.74, 6) is -0.784. The first-order valence-corrected chi connectivity index (χ1v) is 9.68. The van der Waals surface area contributed by atoms with Crippen LogP contribution in [0.15, 0.2) is 53.6 Å². The van der Waals surface area contributed by atoms with Crippen LogP contribution in [0.25, 0.3) is 10.9 Å². The van der Waals surface area contributed by atoms with Crippen molar-refractivity contribution in [3.8, 4) is 0 Å². The van der Waals surface area contributed by atoms with Gasteiger partial charge in [-0.05, 0) is 37.5 Å². The normalized spacial score (nSPS) is 12.0. The second-order valence-corrected chi connectivity index (χ2v) is 7.01. The first-order valence-electron chi connectivity index (χ1n) is 9.68. The van der Waals surface area contributed by atoms with Crippen molar-refractivity contribution in [2.75, 3.05) is 0 Å². The molecule has 0 amide bonds. The Bertz CT molecular complexity index is 1100. The molecule has 1 unspecified atom stereocenters. The number of benzene rings is 2. The summed E-state index contributed by atoms with van der Waals surface area (Å²) in [5, 5.41) is 0.514. The van der Waals surface area contributed by atoms with Crippen LogP contribution in [0.1, 0.15) is 41.8 Å². The van der Waals surface area contributed by atoms with Crippen LogP contribution in [0.3, 0.4) is 0 Å². The molecule has 0 aliphatic carbocycles. The van der Waals surface area contributed by atoms with Crippen LogP contribution in [0.2, 0.25) is 0 Å². The number of fused-ring (bicyclic) bond motifs is 1. The Balaban J connectivity index is 1.62. The minimum absolute atomic E-state index is 0.0225. The molecule has 6 heteroatoms. The lowest BCUT2D eigenvalue weighted by atomic mass is 10.0. The van der Waals surface area contributed by atoms with Crippen LogP contribution in [-0.2, 0) is 22.5 Å². The third kappa shape index (κ3) is 4.59. The first kappa shape index (κ1) is 20.5. The molecule has 1 aromatic heterocycles.